The van der Waals surface area contributed by atoms with Crippen LogP contribution in [-0.2, 0) is 11.3 Å². The second-order valence-electron chi connectivity index (χ2n) is 6.40. The van der Waals surface area contributed by atoms with Gasteiger partial charge < -0.3 is 4.42 Å². The summed E-state index contributed by atoms with van der Waals surface area (Å²) in [6.07, 6.45) is 4.69. The lowest BCUT2D eigenvalue weighted by Gasteiger charge is -2.12. The second-order valence-corrected chi connectivity index (χ2v) is 8.20. The molecule has 0 aliphatic carbocycles. The van der Waals surface area contributed by atoms with Crippen molar-refractivity contribution in [2.24, 2.45) is 10.2 Å². The van der Waals surface area contributed by atoms with Crippen molar-refractivity contribution < 1.29 is 13.6 Å². The van der Waals surface area contributed by atoms with Gasteiger partial charge in [-0.2, -0.15) is 5.10 Å². The predicted octanol–water partition coefficient (Wildman–Crippen LogP) is 6.23. The molecule has 0 spiro atoms. The number of rotatable bonds is 5. The van der Waals surface area contributed by atoms with E-state index in [1.807, 2.05) is 0 Å². The summed E-state index contributed by atoms with van der Waals surface area (Å²) in [6.45, 7) is 0.200. The average Bonchev–Trinajstić information content (AvgIpc) is 3.37. The lowest BCUT2D eigenvalue weighted by molar-refractivity contribution is -0.122. The Morgan fingerprint density at radius 2 is 1.90 bits per heavy atom. The molecule has 31 heavy (non-hydrogen) atoms. The summed E-state index contributed by atoms with van der Waals surface area (Å²) < 4.78 is 18.6. The summed E-state index contributed by atoms with van der Waals surface area (Å²) in [5.74, 6) is 0.00951. The van der Waals surface area contributed by atoms with E-state index in [9.17, 15) is 9.18 Å². The quantitative estimate of drug-likeness (QED) is 0.250. The molecule has 3 aromatic rings. The molecule has 9 heteroatoms. The van der Waals surface area contributed by atoms with Crippen LogP contribution in [0, 0.1) is 5.82 Å². The smallest absolute Gasteiger partial charge is 0.267 e. The van der Waals surface area contributed by atoms with Gasteiger partial charge in [-0.15, -0.1) is 5.10 Å². The number of furan rings is 1. The number of amidine groups is 1. The summed E-state index contributed by atoms with van der Waals surface area (Å²) >= 11 is 13.4. The van der Waals surface area contributed by atoms with E-state index in [1.54, 1.807) is 48.5 Å². The Morgan fingerprint density at radius 1 is 1.10 bits per heavy atom. The number of carbonyl (C=O) groups is 1. The molecule has 1 fully saturated rings. The Morgan fingerprint density at radius 3 is 2.65 bits per heavy atom. The van der Waals surface area contributed by atoms with E-state index >= 15 is 0 Å². The Balaban J connectivity index is 1.63. The Hall–Kier alpha value is -2.87. The Labute approximate surface area is 191 Å². The molecular weight excluding hydrogens is 460 g/mol. The van der Waals surface area contributed by atoms with Crippen LogP contribution in [0.25, 0.3) is 6.08 Å². The van der Waals surface area contributed by atoms with Gasteiger partial charge >= 0.3 is 0 Å². The van der Waals surface area contributed by atoms with Crippen LogP contribution in [0.3, 0.4) is 0 Å². The van der Waals surface area contributed by atoms with Crippen molar-refractivity contribution in [3.05, 3.63) is 98.5 Å². The van der Waals surface area contributed by atoms with Crippen LogP contribution in [0.5, 0.6) is 0 Å². The molecule has 4 rings (SSSR count). The topological polar surface area (TPSA) is 58.2 Å². The number of hydrogen-bond donors (Lipinski definition) is 0. The number of halogens is 3. The van der Waals surface area contributed by atoms with E-state index in [0.29, 0.717) is 37.0 Å². The van der Waals surface area contributed by atoms with Gasteiger partial charge in [0, 0.05) is 5.56 Å². The molecule has 0 bridgehead atoms. The van der Waals surface area contributed by atoms with Gasteiger partial charge in [0.25, 0.3) is 5.91 Å². The van der Waals surface area contributed by atoms with Crippen molar-refractivity contribution in [3.8, 4) is 0 Å². The van der Waals surface area contributed by atoms with Gasteiger partial charge in [-0.3, -0.25) is 9.69 Å². The van der Waals surface area contributed by atoms with Crippen LogP contribution >= 0.6 is 35.0 Å². The van der Waals surface area contributed by atoms with E-state index in [1.165, 1.54) is 41.3 Å². The minimum absolute atomic E-state index is 0.200. The van der Waals surface area contributed by atoms with Crippen LogP contribution < -0.4 is 0 Å². The third kappa shape index (κ3) is 5.07. The van der Waals surface area contributed by atoms with Crippen LogP contribution in [0.2, 0.25) is 10.0 Å². The largest absolute Gasteiger partial charge is 0.467 e. The van der Waals surface area contributed by atoms with Crippen molar-refractivity contribution in [3.63, 3.8) is 0 Å². The molecule has 1 aromatic heterocycles. The van der Waals surface area contributed by atoms with Gasteiger partial charge in [0.1, 0.15) is 11.6 Å². The normalized spacial score (nSPS) is 16.9. The van der Waals surface area contributed by atoms with E-state index in [-0.39, 0.29) is 18.3 Å². The first-order chi connectivity index (χ1) is 15.0. The highest BCUT2D eigenvalue weighted by Crippen LogP contribution is 2.34. The van der Waals surface area contributed by atoms with Crippen molar-refractivity contribution in [1.82, 2.24) is 4.90 Å². The lowest BCUT2D eigenvalue weighted by atomic mass is 10.2. The summed E-state index contributed by atoms with van der Waals surface area (Å²) in [5.41, 5.74) is 1.30. The molecule has 1 saturated heterocycles. The monoisotopic (exact) mass is 473 g/mol. The summed E-state index contributed by atoms with van der Waals surface area (Å²) in [4.78, 5) is 14.9. The standard InChI is InChI=1S/C22H14Cl2FN3O2S/c23-18-5-1-3-15(20(18)24)12-26-27-22-28(13-17-4-2-10-30-17)21(29)19(31-22)11-14-6-8-16(25)9-7-14/h1-12H,13H2/b19-11-,26-12+,27-22-. The maximum absolute atomic E-state index is 13.2. The number of amides is 1. The summed E-state index contributed by atoms with van der Waals surface area (Å²) in [7, 11) is 0. The molecule has 0 atom stereocenters. The van der Waals surface area contributed by atoms with Crippen molar-refractivity contribution in [1.29, 1.82) is 0 Å². The molecule has 2 aromatic carbocycles. The molecule has 0 saturated carbocycles. The van der Waals surface area contributed by atoms with E-state index in [0.717, 1.165) is 0 Å². The third-order valence-electron chi connectivity index (χ3n) is 4.27. The first-order valence-electron chi connectivity index (χ1n) is 9.05. The zero-order chi connectivity index (χ0) is 21.8. The highest BCUT2D eigenvalue weighted by atomic mass is 35.5. The number of carbonyl (C=O) groups excluding carboxylic acids is 1. The molecule has 1 aliphatic heterocycles. The van der Waals surface area contributed by atoms with Crippen molar-refractivity contribution in [2.75, 3.05) is 0 Å². The first-order valence-corrected chi connectivity index (χ1v) is 10.6. The molecule has 2 heterocycles. The van der Waals surface area contributed by atoms with Crippen LogP contribution in [-0.4, -0.2) is 22.2 Å². The number of thioether (sulfide) groups is 1. The zero-order valence-electron chi connectivity index (χ0n) is 15.8. The highest BCUT2D eigenvalue weighted by molar-refractivity contribution is 8.18. The summed E-state index contributed by atoms with van der Waals surface area (Å²) in [5, 5.41) is 9.46. The number of nitrogens with zero attached hydrogens (tertiary/aromatic N) is 3. The van der Waals surface area contributed by atoms with E-state index < -0.39 is 0 Å². The van der Waals surface area contributed by atoms with Gasteiger partial charge in [-0.25, -0.2) is 4.39 Å². The molecule has 5 nitrogen and oxygen atoms in total. The highest BCUT2D eigenvalue weighted by Gasteiger charge is 2.34. The van der Waals surface area contributed by atoms with Gasteiger partial charge in [0.05, 0.1) is 34.0 Å². The van der Waals surface area contributed by atoms with Gasteiger partial charge in [-0.05, 0) is 53.7 Å². The summed E-state index contributed by atoms with van der Waals surface area (Å²) in [6, 6.07) is 14.6. The number of hydrogen-bond acceptors (Lipinski definition) is 5. The first kappa shape index (κ1) is 21.4. The van der Waals surface area contributed by atoms with Gasteiger partial charge in [0.15, 0.2) is 5.17 Å². The van der Waals surface area contributed by atoms with Crippen LogP contribution in [0.1, 0.15) is 16.9 Å². The maximum Gasteiger partial charge on any atom is 0.267 e. The van der Waals surface area contributed by atoms with E-state index in [4.69, 9.17) is 27.6 Å². The molecular formula is C22H14Cl2FN3O2S. The molecule has 0 unspecified atom stereocenters. The molecule has 156 valence electrons. The van der Waals surface area contributed by atoms with Crippen molar-refractivity contribution in [2.45, 2.75) is 6.54 Å². The molecule has 0 radical (unpaired) electrons. The maximum atomic E-state index is 13.2. The third-order valence-corrected chi connectivity index (χ3v) is 6.10. The fraction of sp³-hybridized carbons (Fsp3) is 0.0455. The van der Waals surface area contributed by atoms with Gasteiger partial charge in [0.2, 0.25) is 0 Å². The van der Waals surface area contributed by atoms with Crippen LogP contribution in [0.4, 0.5) is 4.39 Å². The fourth-order valence-electron chi connectivity index (χ4n) is 2.75. The number of benzene rings is 2. The van der Waals surface area contributed by atoms with Crippen molar-refractivity contribution >= 4 is 58.3 Å². The minimum Gasteiger partial charge on any atom is -0.467 e. The Bertz CT molecular complexity index is 1190. The van der Waals surface area contributed by atoms with Crippen LogP contribution in [0.15, 0.2) is 80.4 Å². The molecule has 1 aliphatic rings. The lowest BCUT2D eigenvalue weighted by Crippen LogP contribution is -2.28. The van der Waals surface area contributed by atoms with E-state index in [2.05, 4.69) is 10.2 Å². The fourth-order valence-corrected chi connectivity index (χ4v) is 4.04. The molecule has 1 amide bonds. The Kier molecular flexibility index (Phi) is 6.56. The zero-order valence-corrected chi connectivity index (χ0v) is 18.2. The minimum atomic E-state index is -0.344. The van der Waals surface area contributed by atoms with Gasteiger partial charge in [-0.1, -0.05) is 47.5 Å². The second kappa shape index (κ2) is 9.51. The molecule has 0 N–H and O–H groups in total. The average molecular weight is 474 g/mol. The predicted molar refractivity (Wildman–Crippen MR) is 123 cm³/mol. The SMILES string of the molecule is O=C1/C(=C/c2ccc(F)cc2)S/C(=N\N=C\c2cccc(Cl)c2Cl)N1Cc1ccco1.